The maximum atomic E-state index is 12.7. The van der Waals surface area contributed by atoms with Gasteiger partial charge in [0.15, 0.2) is 0 Å². The minimum atomic E-state index is -4.30. The van der Waals surface area contributed by atoms with Crippen LogP contribution in [0.3, 0.4) is 0 Å². The van der Waals surface area contributed by atoms with Gasteiger partial charge in [0.2, 0.25) is 0 Å². The molecule has 0 radical (unpaired) electrons. The largest absolute Gasteiger partial charge is 0.472 e. The van der Waals surface area contributed by atoms with Gasteiger partial charge in [0.05, 0.1) is 34.4 Å². The van der Waals surface area contributed by atoms with E-state index in [0.29, 0.717) is 17.6 Å². The van der Waals surface area contributed by atoms with E-state index in [1.54, 1.807) is 0 Å². The lowest BCUT2D eigenvalue weighted by molar-refractivity contribution is -0.870. The van der Waals surface area contributed by atoms with Crippen molar-refractivity contribution in [3.05, 3.63) is 109 Å². The third-order valence-electron chi connectivity index (χ3n) is 9.33. The van der Waals surface area contributed by atoms with E-state index < -0.39 is 13.9 Å². The molecule has 0 amide bonds. The Kier molecular flexibility index (Phi) is 41.8. The summed E-state index contributed by atoms with van der Waals surface area (Å²) in [6.07, 6.45) is 61.3. The number of allylic oxidation sites excluding steroid dienone is 18. The zero-order valence-corrected chi connectivity index (χ0v) is 40.2. The molecule has 0 aliphatic heterocycles. The molecule has 2 atom stereocenters. The van der Waals surface area contributed by atoms with Gasteiger partial charge in [-0.1, -0.05) is 162 Å². The molecular formula is C52H89NO7P+. The lowest BCUT2D eigenvalue weighted by atomic mass is 10.1. The van der Waals surface area contributed by atoms with Crippen molar-refractivity contribution < 1.29 is 37.3 Å². The van der Waals surface area contributed by atoms with E-state index >= 15 is 0 Å². The standard InChI is InChI=1S/C52H88NO7P/c1-6-8-10-12-14-16-18-20-22-24-25-26-27-28-29-30-31-33-35-37-39-41-43-45-52(54)60-51(50-59-61(55,56)58-48-46-53(3,4)5)49-57-47-44-42-40-38-36-34-32-23-21-19-17-15-13-11-9-7-2/h8-11,14-17,20-23,25-26,28-29,31,33,51H,6-7,12-13,18-19,24,27,30,32,34-50H2,1-5H3/p+1/b10-8-,11-9-,16-14-,17-15-,22-20-,23-21-,26-25-,29-28-,33-31-. The van der Waals surface area contributed by atoms with Crippen molar-refractivity contribution in [3.8, 4) is 0 Å². The lowest BCUT2D eigenvalue weighted by Crippen LogP contribution is -2.37. The predicted molar refractivity (Wildman–Crippen MR) is 261 cm³/mol. The van der Waals surface area contributed by atoms with Crippen LogP contribution in [0, 0.1) is 0 Å². The minimum Gasteiger partial charge on any atom is -0.457 e. The molecule has 0 aliphatic carbocycles. The van der Waals surface area contributed by atoms with E-state index in [9.17, 15) is 14.3 Å². The Morgan fingerprint density at radius 2 is 0.902 bits per heavy atom. The maximum absolute atomic E-state index is 12.7. The van der Waals surface area contributed by atoms with Gasteiger partial charge >= 0.3 is 13.8 Å². The highest BCUT2D eigenvalue weighted by atomic mass is 31.2. The number of hydrogen-bond acceptors (Lipinski definition) is 6. The fourth-order valence-electron chi connectivity index (χ4n) is 5.75. The topological polar surface area (TPSA) is 91.3 Å². The zero-order chi connectivity index (χ0) is 44.8. The SMILES string of the molecule is CC/C=C\C/C=C\C/C=C\C/C=C\C/C=C\C/C=C\CCCCCCC(=O)OC(COCCCCCCCC/C=C\C/C=C\C/C=C\CC)COP(=O)(O)OCC[N+](C)(C)C. The molecule has 8 nitrogen and oxygen atoms in total. The van der Waals surface area contributed by atoms with E-state index in [2.05, 4.69) is 123 Å². The first-order valence-corrected chi connectivity index (χ1v) is 25.1. The van der Waals surface area contributed by atoms with Gasteiger partial charge in [0.1, 0.15) is 19.3 Å². The van der Waals surface area contributed by atoms with E-state index in [0.717, 1.165) is 116 Å². The highest BCUT2D eigenvalue weighted by molar-refractivity contribution is 7.47. The van der Waals surface area contributed by atoms with E-state index in [1.165, 1.54) is 19.3 Å². The maximum Gasteiger partial charge on any atom is 0.472 e. The molecule has 0 fully saturated rings. The number of ether oxygens (including phenoxy) is 2. The molecule has 0 aromatic heterocycles. The number of carbonyl (C=O) groups is 1. The summed E-state index contributed by atoms with van der Waals surface area (Å²) in [6, 6.07) is 0. The predicted octanol–water partition coefficient (Wildman–Crippen LogP) is 14.4. The average Bonchev–Trinajstić information content (AvgIpc) is 3.22. The molecule has 0 aromatic rings. The first kappa shape index (κ1) is 58.2. The average molecular weight is 871 g/mol. The molecule has 348 valence electrons. The van der Waals surface area contributed by atoms with E-state index in [-0.39, 0.29) is 32.2 Å². The first-order valence-electron chi connectivity index (χ1n) is 23.6. The summed E-state index contributed by atoms with van der Waals surface area (Å²) in [7, 11) is 1.62. The van der Waals surface area contributed by atoms with Crippen LogP contribution in [0.5, 0.6) is 0 Å². The van der Waals surface area contributed by atoms with Crippen molar-refractivity contribution in [2.24, 2.45) is 0 Å². The molecule has 9 heteroatoms. The van der Waals surface area contributed by atoms with Crippen LogP contribution in [0.25, 0.3) is 0 Å². The second kappa shape index (κ2) is 43.8. The summed E-state index contributed by atoms with van der Waals surface area (Å²) < 4.78 is 35.0. The monoisotopic (exact) mass is 871 g/mol. The lowest BCUT2D eigenvalue weighted by Gasteiger charge is -2.24. The van der Waals surface area contributed by atoms with Crippen LogP contribution in [0.1, 0.15) is 155 Å². The molecular weight excluding hydrogens is 782 g/mol. The first-order chi connectivity index (χ1) is 29.6. The third kappa shape index (κ3) is 48.1. The second-order valence-corrected chi connectivity index (χ2v) is 17.8. The number of unbranched alkanes of at least 4 members (excludes halogenated alkanes) is 10. The highest BCUT2D eigenvalue weighted by Gasteiger charge is 2.26. The van der Waals surface area contributed by atoms with Crippen molar-refractivity contribution in [2.45, 2.75) is 161 Å². The Hall–Kier alpha value is -2.84. The molecule has 0 saturated heterocycles. The van der Waals surface area contributed by atoms with Crippen molar-refractivity contribution in [1.29, 1.82) is 0 Å². The Bertz CT molecular complexity index is 1340. The van der Waals surface area contributed by atoms with Crippen LogP contribution in [0.4, 0.5) is 0 Å². The fourth-order valence-corrected chi connectivity index (χ4v) is 6.49. The van der Waals surface area contributed by atoms with Gasteiger partial charge in [0.25, 0.3) is 0 Å². The molecule has 0 aliphatic rings. The van der Waals surface area contributed by atoms with Gasteiger partial charge in [-0.25, -0.2) is 4.57 Å². The number of esters is 1. The Labute approximate surface area is 374 Å². The van der Waals surface area contributed by atoms with Gasteiger partial charge < -0.3 is 18.9 Å². The van der Waals surface area contributed by atoms with Gasteiger partial charge in [-0.2, -0.15) is 0 Å². The molecule has 0 saturated carbocycles. The number of likely N-dealkylation sites (N-methyl/N-ethyl adjacent to an activating group) is 1. The van der Waals surface area contributed by atoms with Crippen LogP contribution in [0.15, 0.2) is 109 Å². The molecule has 0 heterocycles. The highest BCUT2D eigenvalue weighted by Crippen LogP contribution is 2.43. The molecule has 0 rings (SSSR count). The van der Waals surface area contributed by atoms with Crippen LogP contribution in [-0.2, 0) is 27.9 Å². The number of rotatable bonds is 42. The second-order valence-electron chi connectivity index (χ2n) is 16.4. The van der Waals surface area contributed by atoms with Crippen LogP contribution >= 0.6 is 7.82 Å². The minimum absolute atomic E-state index is 0.0735. The summed E-state index contributed by atoms with van der Waals surface area (Å²) >= 11 is 0. The molecule has 0 spiro atoms. The van der Waals surface area contributed by atoms with Crippen LogP contribution in [-0.4, -0.2) is 75.6 Å². The fraction of sp³-hybridized carbons (Fsp3) is 0.635. The number of phosphoric ester groups is 1. The smallest absolute Gasteiger partial charge is 0.457 e. The normalized spacial score (nSPS) is 14.7. The van der Waals surface area contributed by atoms with Crippen LogP contribution in [0.2, 0.25) is 0 Å². The summed E-state index contributed by atoms with van der Waals surface area (Å²) in [5, 5.41) is 0. The van der Waals surface area contributed by atoms with Gasteiger partial charge in [0, 0.05) is 13.0 Å². The number of nitrogens with zero attached hydrogens (tertiary/aromatic N) is 1. The summed E-state index contributed by atoms with van der Waals surface area (Å²) in [5.74, 6) is -0.348. The van der Waals surface area contributed by atoms with Gasteiger partial charge in [-0.05, 0) is 96.3 Å². The number of phosphoric acid groups is 1. The Morgan fingerprint density at radius 1 is 0.508 bits per heavy atom. The zero-order valence-electron chi connectivity index (χ0n) is 39.4. The quantitative estimate of drug-likeness (QED) is 0.0215. The molecule has 2 unspecified atom stereocenters. The Morgan fingerprint density at radius 3 is 1.34 bits per heavy atom. The van der Waals surface area contributed by atoms with E-state index in [4.69, 9.17) is 18.5 Å². The van der Waals surface area contributed by atoms with Crippen LogP contribution < -0.4 is 0 Å². The van der Waals surface area contributed by atoms with Gasteiger partial charge in [-0.3, -0.25) is 13.8 Å². The number of carbonyl (C=O) groups excluding carboxylic acids is 1. The van der Waals surface area contributed by atoms with Crippen molar-refractivity contribution in [2.75, 3.05) is 54.1 Å². The summed E-state index contributed by atoms with van der Waals surface area (Å²) in [6.45, 7) is 5.30. The summed E-state index contributed by atoms with van der Waals surface area (Å²) in [4.78, 5) is 23.0. The number of hydrogen-bond donors (Lipinski definition) is 1. The molecule has 0 aromatic carbocycles. The third-order valence-corrected chi connectivity index (χ3v) is 10.3. The van der Waals surface area contributed by atoms with Crippen molar-refractivity contribution in [1.82, 2.24) is 0 Å². The molecule has 61 heavy (non-hydrogen) atoms. The molecule has 1 N–H and O–H groups in total. The van der Waals surface area contributed by atoms with Crippen molar-refractivity contribution >= 4 is 13.8 Å². The number of quaternary nitrogens is 1. The van der Waals surface area contributed by atoms with Crippen molar-refractivity contribution in [3.63, 3.8) is 0 Å². The van der Waals surface area contributed by atoms with E-state index in [1.807, 2.05) is 21.1 Å². The van der Waals surface area contributed by atoms with Gasteiger partial charge in [-0.15, -0.1) is 0 Å². The molecule has 0 bridgehead atoms. The summed E-state index contributed by atoms with van der Waals surface area (Å²) in [5.41, 5.74) is 0. The Balaban J connectivity index is 4.30.